The second kappa shape index (κ2) is 6.18. The molecule has 0 saturated heterocycles. The van der Waals surface area contributed by atoms with Crippen LogP contribution in [0.2, 0.25) is 0 Å². The van der Waals surface area contributed by atoms with Gasteiger partial charge in [-0.2, -0.15) is 0 Å². The third kappa shape index (κ3) is 3.41. The van der Waals surface area contributed by atoms with E-state index in [-0.39, 0.29) is 24.0 Å². The maximum Gasteiger partial charge on any atom is 0.308 e. The van der Waals surface area contributed by atoms with E-state index in [2.05, 4.69) is 43.5 Å². The maximum atomic E-state index is 2.27. The fourth-order valence-electron chi connectivity index (χ4n) is 1.18. The lowest BCUT2D eigenvalue weighted by Crippen LogP contribution is -3.00. The molecule has 0 atom stereocenters. The lowest BCUT2D eigenvalue weighted by atomic mass is 10.1. The van der Waals surface area contributed by atoms with E-state index < -0.39 is 0 Å². The molecule has 0 spiro atoms. The van der Waals surface area contributed by atoms with E-state index in [9.17, 15) is 0 Å². The van der Waals surface area contributed by atoms with Crippen LogP contribution in [-0.2, 0) is 0 Å². The Morgan fingerprint density at radius 2 is 1.87 bits per heavy atom. The first-order chi connectivity index (χ1) is 6.79. The molecule has 0 fully saturated rings. The lowest BCUT2D eigenvalue weighted by Gasteiger charge is -1.94. The minimum Gasteiger partial charge on any atom is -1.00 e. The molecule has 0 aliphatic carbocycles. The van der Waals surface area contributed by atoms with Gasteiger partial charge in [-0.1, -0.05) is 41.6 Å². The van der Waals surface area contributed by atoms with Crippen molar-refractivity contribution >= 4 is 32.4 Å². The van der Waals surface area contributed by atoms with Crippen molar-refractivity contribution < 1.29 is 24.0 Å². The molecule has 0 N–H and O–H groups in total. The van der Waals surface area contributed by atoms with Crippen LogP contribution in [0.5, 0.6) is 0 Å². The quantitative estimate of drug-likeness (QED) is 0.338. The van der Waals surface area contributed by atoms with Crippen molar-refractivity contribution in [3.05, 3.63) is 35.9 Å². The Morgan fingerprint density at radius 1 is 1.20 bits per heavy atom. The highest BCUT2D eigenvalue weighted by Crippen LogP contribution is 2.35. The summed E-state index contributed by atoms with van der Waals surface area (Å²) in [6, 6.07) is 11.0. The van der Waals surface area contributed by atoms with E-state index in [4.69, 9.17) is 0 Å². The van der Waals surface area contributed by atoms with Crippen LogP contribution in [0.15, 0.2) is 34.5 Å². The molecule has 0 amide bonds. The summed E-state index contributed by atoms with van der Waals surface area (Å²) < 4.78 is 1.39. The van der Waals surface area contributed by atoms with Gasteiger partial charge >= 0.3 is 10.3 Å². The van der Waals surface area contributed by atoms with Crippen LogP contribution in [0, 0.1) is 6.92 Å². The minimum atomic E-state index is 0. The second-order valence-electron chi connectivity index (χ2n) is 3.06. The molecule has 0 nitrogen and oxygen atoms in total. The minimum absolute atomic E-state index is 0. The van der Waals surface area contributed by atoms with E-state index in [0.29, 0.717) is 0 Å². The monoisotopic (exact) mass is 366 g/mol. The lowest BCUT2D eigenvalue weighted by molar-refractivity contribution is -0.00000269. The van der Waals surface area contributed by atoms with Crippen LogP contribution in [0.3, 0.4) is 0 Å². The average molecular weight is 366 g/mol. The summed E-state index contributed by atoms with van der Waals surface area (Å²) in [5, 5.41) is 0. The Kier molecular flexibility index (Phi) is 5.52. The summed E-state index contributed by atoms with van der Waals surface area (Å²) in [6.45, 7) is 2.12. The highest BCUT2D eigenvalue weighted by molar-refractivity contribution is 8.02. The molecule has 1 heterocycles. The number of thioether (sulfide) groups is 1. The Bertz CT molecular complexity index is 420. The molecule has 0 aliphatic rings. The van der Waals surface area contributed by atoms with Crippen molar-refractivity contribution in [3.8, 4) is 10.4 Å². The normalized spacial score (nSPS) is 9.73. The largest absolute Gasteiger partial charge is 1.00 e. The molecule has 1 aromatic heterocycles. The molecule has 0 radical (unpaired) electrons. The average Bonchev–Trinajstić information content (AvgIpc) is 2.67. The number of aryl methyl sites for hydroxylation is 1. The smallest absolute Gasteiger partial charge is 0.308 e. The van der Waals surface area contributed by atoms with Crippen LogP contribution >= 0.6 is 32.4 Å². The second-order valence-corrected chi connectivity index (χ2v) is 6.38. The standard InChI is InChI=1S/C11H11S3.HI/c1-8-3-5-9(6-4-8)10-7-11(12-2)14-13-10;/h3-7H,1-2H3;1H/q+1;/p-1. The molecular formula is C11H11IS3. The topological polar surface area (TPSA) is 0 Å². The third-order valence-corrected chi connectivity index (χ3v) is 5.81. The van der Waals surface area contributed by atoms with Gasteiger partial charge in [0.05, 0.1) is 4.88 Å². The maximum absolute atomic E-state index is 2.27. The summed E-state index contributed by atoms with van der Waals surface area (Å²) in [4.78, 5) is 1.37. The highest BCUT2D eigenvalue weighted by Gasteiger charge is 2.13. The zero-order chi connectivity index (χ0) is 9.97. The SMILES string of the molecule is CSc1cc(-c2ccc(C)cc2)s[s+]1.[I-]. The van der Waals surface area contributed by atoms with E-state index in [0.717, 1.165) is 0 Å². The zero-order valence-corrected chi connectivity index (χ0v) is 13.1. The third-order valence-electron chi connectivity index (χ3n) is 2.00. The van der Waals surface area contributed by atoms with Crippen molar-refractivity contribution in [2.24, 2.45) is 0 Å². The summed E-state index contributed by atoms with van der Waals surface area (Å²) in [5.41, 5.74) is 2.65. The molecule has 80 valence electrons. The molecule has 2 aromatic rings. The van der Waals surface area contributed by atoms with Crippen molar-refractivity contribution in [2.75, 3.05) is 6.26 Å². The Balaban J connectivity index is 0.00000112. The summed E-state index contributed by atoms with van der Waals surface area (Å²) in [7, 11) is 3.71. The predicted molar refractivity (Wildman–Crippen MR) is 68.6 cm³/mol. The number of benzene rings is 1. The summed E-state index contributed by atoms with van der Waals surface area (Å²) >= 11 is 1.82. The summed E-state index contributed by atoms with van der Waals surface area (Å²) in [6.07, 6.45) is 2.12. The van der Waals surface area contributed by atoms with Crippen molar-refractivity contribution in [2.45, 2.75) is 11.1 Å². The Hall–Kier alpha value is 0.350. The first-order valence-corrected chi connectivity index (χ1v) is 7.71. The van der Waals surface area contributed by atoms with Crippen LogP contribution in [0.1, 0.15) is 5.56 Å². The Morgan fingerprint density at radius 3 is 2.40 bits per heavy atom. The number of rotatable bonds is 2. The molecule has 0 bridgehead atoms. The van der Waals surface area contributed by atoms with Crippen LogP contribution in [-0.4, -0.2) is 6.26 Å². The van der Waals surface area contributed by atoms with Gasteiger partial charge in [-0.25, -0.2) is 0 Å². The highest BCUT2D eigenvalue weighted by atomic mass is 127. The first kappa shape index (κ1) is 13.4. The van der Waals surface area contributed by atoms with Gasteiger partial charge < -0.3 is 24.0 Å². The van der Waals surface area contributed by atoms with Gasteiger partial charge in [-0.3, -0.25) is 0 Å². The molecule has 0 saturated carbocycles. The van der Waals surface area contributed by atoms with Gasteiger partial charge in [0.1, 0.15) is 0 Å². The van der Waals surface area contributed by atoms with Gasteiger partial charge in [0.25, 0.3) is 4.21 Å². The molecule has 4 heteroatoms. The van der Waals surface area contributed by atoms with Crippen LogP contribution in [0.4, 0.5) is 0 Å². The predicted octanol–water partition coefficient (Wildman–Crippen LogP) is 1.79. The summed E-state index contributed by atoms with van der Waals surface area (Å²) in [5.74, 6) is 0. The molecule has 2 rings (SSSR count). The molecule has 1 aromatic carbocycles. The Labute approximate surface area is 119 Å². The van der Waals surface area contributed by atoms with Gasteiger partial charge in [0.2, 0.25) is 0 Å². The van der Waals surface area contributed by atoms with E-state index >= 15 is 0 Å². The van der Waals surface area contributed by atoms with E-state index in [1.54, 1.807) is 0 Å². The fraction of sp³-hybridized carbons (Fsp3) is 0.182. The van der Waals surface area contributed by atoms with Crippen molar-refractivity contribution in [3.63, 3.8) is 0 Å². The molecule has 0 unspecified atom stereocenters. The van der Waals surface area contributed by atoms with Crippen molar-refractivity contribution in [1.82, 2.24) is 0 Å². The van der Waals surface area contributed by atoms with Gasteiger partial charge in [0.15, 0.2) is 10.3 Å². The molecule has 0 aliphatic heterocycles. The zero-order valence-electron chi connectivity index (χ0n) is 8.49. The molecule has 15 heavy (non-hydrogen) atoms. The van der Waals surface area contributed by atoms with E-state index in [1.807, 2.05) is 32.4 Å². The number of hydrogen-bond donors (Lipinski definition) is 0. The van der Waals surface area contributed by atoms with Gasteiger partial charge in [-0.15, -0.1) is 0 Å². The molecular weight excluding hydrogens is 355 g/mol. The first-order valence-electron chi connectivity index (χ1n) is 4.34. The van der Waals surface area contributed by atoms with E-state index in [1.165, 1.54) is 20.2 Å². The number of halogens is 1. The number of hydrogen-bond acceptors (Lipinski definition) is 2. The van der Waals surface area contributed by atoms with Gasteiger partial charge in [-0.05, 0) is 18.7 Å². The van der Waals surface area contributed by atoms with Gasteiger partial charge in [0, 0.05) is 6.07 Å². The fourth-order valence-corrected chi connectivity index (χ4v) is 4.59. The van der Waals surface area contributed by atoms with Crippen LogP contribution in [0.25, 0.3) is 10.4 Å². The van der Waals surface area contributed by atoms with Crippen LogP contribution < -0.4 is 24.0 Å². The van der Waals surface area contributed by atoms with Crippen molar-refractivity contribution in [1.29, 1.82) is 0 Å².